The summed E-state index contributed by atoms with van der Waals surface area (Å²) in [6.07, 6.45) is 0. The molecule has 0 aromatic heterocycles. The van der Waals surface area contributed by atoms with Crippen molar-refractivity contribution in [2.75, 3.05) is 7.11 Å². The van der Waals surface area contributed by atoms with Crippen LogP contribution in [0.3, 0.4) is 0 Å². The van der Waals surface area contributed by atoms with E-state index in [0.717, 1.165) is 5.56 Å². The lowest BCUT2D eigenvalue weighted by molar-refractivity contribution is 0.0697. The van der Waals surface area contributed by atoms with Crippen LogP contribution < -0.4 is 10.5 Å². The molecule has 0 aliphatic carbocycles. The first-order chi connectivity index (χ1) is 10.1. The van der Waals surface area contributed by atoms with Crippen LogP contribution in [-0.4, -0.2) is 24.0 Å². The Labute approximate surface area is 122 Å². The number of benzene rings is 2. The Bertz CT molecular complexity index is 666. The molecule has 0 saturated heterocycles. The largest absolute Gasteiger partial charge is 0.496 e. The SMILES string of the molecule is COc1ccc(C(=O)O)cc1C(N)=NCc1ccccc1. The number of hydrogen-bond acceptors (Lipinski definition) is 3. The molecule has 0 heterocycles. The molecule has 0 atom stereocenters. The summed E-state index contributed by atoms with van der Waals surface area (Å²) in [6, 6.07) is 14.2. The van der Waals surface area contributed by atoms with Gasteiger partial charge in [-0.25, -0.2) is 4.79 Å². The van der Waals surface area contributed by atoms with Crippen molar-refractivity contribution in [3.05, 3.63) is 65.2 Å². The zero-order valence-electron chi connectivity index (χ0n) is 11.6. The van der Waals surface area contributed by atoms with Crippen LogP contribution in [0.25, 0.3) is 0 Å². The highest BCUT2D eigenvalue weighted by atomic mass is 16.5. The lowest BCUT2D eigenvalue weighted by Gasteiger charge is -2.09. The van der Waals surface area contributed by atoms with Crippen LogP contribution in [0.15, 0.2) is 53.5 Å². The third-order valence-corrected chi connectivity index (χ3v) is 3.00. The second-order valence-corrected chi connectivity index (χ2v) is 4.41. The fourth-order valence-electron chi connectivity index (χ4n) is 1.89. The van der Waals surface area contributed by atoms with Gasteiger partial charge in [0.25, 0.3) is 0 Å². The predicted molar refractivity (Wildman–Crippen MR) is 80.8 cm³/mol. The lowest BCUT2D eigenvalue weighted by Crippen LogP contribution is -2.16. The number of methoxy groups -OCH3 is 1. The molecule has 0 radical (unpaired) electrons. The van der Waals surface area contributed by atoms with E-state index < -0.39 is 5.97 Å². The Morgan fingerprint density at radius 3 is 2.57 bits per heavy atom. The maximum Gasteiger partial charge on any atom is 0.335 e. The van der Waals surface area contributed by atoms with E-state index >= 15 is 0 Å². The smallest absolute Gasteiger partial charge is 0.335 e. The first-order valence-corrected chi connectivity index (χ1v) is 6.37. The van der Waals surface area contributed by atoms with E-state index in [1.165, 1.54) is 19.2 Å². The number of hydrogen-bond donors (Lipinski definition) is 2. The molecule has 2 aromatic carbocycles. The van der Waals surface area contributed by atoms with Crippen LogP contribution in [0.5, 0.6) is 5.75 Å². The molecule has 0 bridgehead atoms. The summed E-state index contributed by atoms with van der Waals surface area (Å²) < 4.78 is 5.20. The molecule has 0 fully saturated rings. The summed E-state index contributed by atoms with van der Waals surface area (Å²) in [4.78, 5) is 15.3. The molecule has 0 spiro atoms. The maximum atomic E-state index is 11.0. The van der Waals surface area contributed by atoms with Gasteiger partial charge < -0.3 is 15.6 Å². The zero-order valence-corrected chi connectivity index (χ0v) is 11.6. The van der Waals surface area contributed by atoms with Gasteiger partial charge in [-0.2, -0.15) is 0 Å². The van der Waals surface area contributed by atoms with Crippen molar-refractivity contribution in [1.29, 1.82) is 0 Å². The Balaban J connectivity index is 2.30. The average Bonchev–Trinajstić information content (AvgIpc) is 2.52. The third-order valence-electron chi connectivity index (χ3n) is 3.00. The molecule has 108 valence electrons. The highest BCUT2D eigenvalue weighted by Crippen LogP contribution is 2.20. The normalized spacial score (nSPS) is 11.2. The summed E-state index contributed by atoms with van der Waals surface area (Å²) >= 11 is 0. The number of nitrogens with two attached hydrogens (primary N) is 1. The summed E-state index contributed by atoms with van der Waals surface area (Å²) in [5.74, 6) is -0.275. The predicted octanol–water partition coefficient (Wildman–Crippen LogP) is 2.30. The summed E-state index contributed by atoms with van der Waals surface area (Å²) in [7, 11) is 1.50. The van der Waals surface area contributed by atoms with Gasteiger partial charge in [0.05, 0.1) is 24.8 Å². The second-order valence-electron chi connectivity index (χ2n) is 4.41. The quantitative estimate of drug-likeness (QED) is 0.651. The average molecular weight is 284 g/mol. The van der Waals surface area contributed by atoms with Gasteiger partial charge in [-0.05, 0) is 23.8 Å². The van der Waals surface area contributed by atoms with Gasteiger partial charge in [0, 0.05) is 0 Å². The number of ether oxygens (including phenoxy) is 1. The van der Waals surface area contributed by atoms with Crippen LogP contribution in [0.4, 0.5) is 0 Å². The monoisotopic (exact) mass is 284 g/mol. The van der Waals surface area contributed by atoms with Crippen molar-refractivity contribution in [3.63, 3.8) is 0 Å². The van der Waals surface area contributed by atoms with Crippen molar-refractivity contribution >= 4 is 11.8 Å². The first kappa shape index (κ1) is 14.6. The van der Waals surface area contributed by atoms with Crippen LogP contribution in [0, 0.1) is 0 Å². The van der Waals surface area contributed by atoms with Gasteiger partial charge in [-0.1, -0.05) is 30.3 Å². The zero-order chi connectivity index (χ0) is 15.2. The molecule has 0 saturated carbocycles. The fraction of sp³-hybridized carbons (Fsp3) is 0.125. The van der Waals surface area contributed by atoms with Gasteiger partial charge >= 0.3 is 5.97 Å². The number of carboxylic acids is 1. The molecule has 21 heavy (non-hydrogen) atoms. The third kappa shape index (κ3) is 3.60. The number of nitrogens with zero attached hydrogens (tertiary/aromatic N) is 1. The number of carboxylic acid groups (broad SMARTS) is 1. The van der Waals surface area contributed by atoms with Gasteiger partial charge in [0.1, 0.15) is 11.6 Å². The molecular formula is C16H16N2O3. The maximum absolute atomic E-state index is 11.0. The second kappa shape index (κ2) is 6.56. The molecule has 0 aliphatic heterocycles. The van der Waals surface area contributed by atoms with Crippen LogP contribution in [-0.2, 0) is 6.54 Å². The molecular weight excluding hydrogens is 268 g/mol. The molecule has 0 aliphatic rings. The molecule has 2 rings (SSSR count). The topological polar surface area (TPSA) is 84.9 Å². The number of carbonyl (C=O) groups is 1. The Kier molecular flexibility index (Phi) is 4.56. The van der Waals surface area contributed by atoms with Crippen LogP contribution in [0.2, 0.25) is 0 Å². The lowest BCUT2D eigenvalue weighted by atomic mass is 10.1. The first-order valence-electron chi connectivity index (χ1n) is 6.37. The van der Waals surface area contributed by atoms with Gasteiger partial charge in [-0.3, -0.25) is 4.99 Å². The van der Waals surface area contributed by atoms with E-state index in [4.69, 9.17) is 15.6 Å². The van der Waals surface area contributed by atoms with E-state index in [1.807, 2.05) is 30.3 Å². The highest BCUT2D eigenvalue weighted by Gasteiger charge is 2.11. The van der Waals surface area contributed by atoms with E-state index in [9.17, 15) is 4.79 Å². The molecule has 2 aromatic rings. The molecule has 0 unspecified atom stereocenters. The van der Waals surface area contributed by atoms with Crippen molar-refractivity contribution in [2.24, 2.45) is 10.7 Å². The summed E-state index contributed by atoms with van der Waals surface area (Å²) in [5, 5.41) is 9.04. The van der Waals surface area contributed by atoms with E-state index in [0.29, 0.717) is 17.9 Å². The molecule has 3 N–H and O–H groups in total. The van der Waals surface area contributed by atoms with Crippen molar-refractivity contribution in [3.8, 4) is 5.75 Å². The van der Waals surface area contributed by atoms with Crippen LogP contribution >= 0.6 is 0 Å². The number of aliphatic imine (C=N–C) groups is 1. The van der Waals surface area contributed by atoms with Gasteiger partial charge in [0.15, 0.2) is 0 Å². The van der Waals surface area contributed by atoms with E-state index in [2.05, 4.69) is 4.99 Å². The van der Waals surface area contributed by atoms with Gasteiger partial charge in [0.2, 0.25) is 0 Å². The Morgan fingerprint density at radius 2 is 1.95 bits per heavy atom. The van der Waals surface area contributed by atoms with E-state index in [1.54, 1.807) is 6.07 Å². The number of rotatable bonds is 5. The fourth-order valence-corrected chi connectivity index (χ4v) is 1.89. The Morgan fingerprint density at radius 1 is 1.24 bits per heavy atom. The molecule has 5 heteroatoms. The summed E-state index contributed by atoms with van der Waals surface area (Å²) in [6.45, 7) is 0.424. The van der Waals surface area contributed by atoms with Crippen molar-refractivity contribution < 1.29 is 14.6 Å². The van der Waals surface area contributed by atoms with Crippen molar-refractivity contribution in [1.82, 2.24) is 0 Å². The van der Waals surface area contributed by atoms with E-state index in [-0.39, 0.29) is 11.4 Å². The van der Waals surface area contributed by atoms with Crippen molar-refractivity contribution in [2.45, 2.75) is 6.54 Å². The van der Waals surface area contributed by atoms with Gasteiger partial charge in [-0.15, -0.1) is 0 Å². The summed E-state index contributed by atoms with van der Waals surface area (Å²) in [5.41, 5.74) is 7.61. The minimum Gasteiger partial charge on any atom is -0.496 e. The standard InChI is InChI=1S/C16H16N2O3/c1-21-14-8-7-12(16(19)20)9-13(14)15(17)18-10-11-5-3-2-4-6-11/h2-9H,10H2,1H3,(H2,17,18)(H,19,20). The minimum absolute atomic E-state index is 0.142. The highest BCUT2D eigenvalue weighted by molar-refractivity contribution is 6.02. The molecule has 5 nitrogen and oxygen atoms in total. The molecule has 0 amide bonds. The number of amidine groups is 1. The Hall–Kier alpha value is -2.82. The van der Waals surface area contributed by atoms with Crippen LogP contribution in [0.1, 0.15) is 21.5 Å². The number of aromatic carboxylic acids is 1. The minimum atomic E-state index is -1.02.